The molecule has 0 aromatic heterocycles. The molecule has 1 atom stereocenters. The highest BCUT2D eigenvalue weighted by molar-refractivity contribution is 5.79. The molecular formula is C32H28N4. The monoisotopic (exact) mass is 468 g/mol. The van der Waals surface area contributed by atoms with E-state index in [1.54, 1.807) is 0 Å². The second-order valence-corrected chi connectivity index (χ2v) is 9.23. The molecule has 4 aromatic carbocycles. The van der Waals surface area contributed by atoms with E-state index in [1.165, 1.54) is 5.56 Å². The van der Waals surface area contributed by atoms with Crippen molar-refractivity contribution in [2.45, 2.75) is 25.3 Å². The second kappa shape index (κ2) is 9.56. The van der Waals surface area contributed by atoms with Gasteiger partial charge in [0, 0.05) is 0 Å². The van der Waals surface area contributed by atoms with E-state index in [0.717, 1.165) is 27.8 Å². The van der Waals surface area contributed by atoms with E-state index in [9.17, 15) is 5.26 Å². The van der Waals surface area contributed by atoms with Gasteiger partial charge in [0.05, 0.1) is 29.3 Å². The molecule has 0 bridgehead atoms. The Morgan fingerprint density at radius 1 is 0.778 bits per heavy atom. The molecule has 0 fully saturated rings. The Morgan fingerprint density at radius 3 is 1.78 bits per heavy atom. The third-order valence-corrected chi connectivity index (χ3v) is 6.92. The predicted octanol–water partition coefficient (Wildman–Crippen LogP) is 6.37. The third kappa shape index (κ3) is 3.85. The predicted molar refractivity (Wildman–Crippen MR) is 145 cm³/mol. The Kier molecular flexibility index (Phi) is 6.14. The Bertz CT molecular complexity index is 1410. The van der Waals surface area contributed by atoms with Gasteiger partial charge < -0.3 is 5.73 Å². The lowest BCUT2D eigenvalue weighted by Gasteiger charge is -2.39. The van der Waals surface area contributed by atoms with Crippen LogP contribution in [0.1, 0.15) is 39.4 Å². The molecule has 1 aliphatic heterocycles. The van der Waals surface area contributed by atoms with Gasteiger partial charge in [-0.15, -0.1) is 0 Å². The number of nitriles is 1. The van der Waals surface area contributed by atoms with E-state index < -0.39 is 5.41 Å². The average Bonchev–Trinajstić information content (AvgIpc) is 3.18. The van der Waals surface area contributed by atoms with Gasteiger partial charge >= 0.3 is 0 Å². The van der Waals surface area contributed by atoms with Crippen LogP contribution in [0.4, 0.5) is 0 Å². The molecule has 0 aliphatic carbocycles. The zero-order valence-electron chi connectivity index (χ0n) is 20.5. The van der Waals surface area contributed by atoms with Crippen LogP contribution in [0, 0.1) is 25.2 Å². The Hall–Kier alpha value is -4.62. The van der Waals surface area contributed by atoms with Crippen molar-refractivity contribution < 1.29 is 0 Å². The molecule has 5 rings (SSSR count). The van der Waals surface area contributed by atoms with Crippen molar-refractivity contribution in [3.05, 3.63) is 154 Å². The lowest BCUT2D eigenvalue weighted by molar-refractivity contribution is 0.244. The fraction of sp³-hybridized carbons (Fsp3) is 0.125. The second-order valence-electron chi connectivity index (χ2n) is 9.23. The number of nitrogens with two attached hydrogens (primary N) is 1. The van der Waals surface area contributed by atoms with E-state index in [4.69, 9.17) is 10.8 Å². The molecular weight excluding hydrogens is 440 g/mol. The van der Waals surface area contributed by atoms with Gasteiger partial charge in [-0.05, 0) is 36.1 Å². The number of hydrogen-bond acceptors (Lipinski definition) is 4. The zero-order valence-corrected chi connectivity index (χ0v) is 20.5. The minimum atomic E-state index is -0.846. The lowest BCUT2D eigenvalue weighted by Crippen LogP contribution is -2.38. The van der Waals surface area contributed by atoms with Gasteiger partial charge in [0.25, 0.3) is 0 Å². The summed E-state index contributed by atoms with van der Waals surface area (Å²) >= 11 is 0. The van der Waals surface area contributed by atoms with Crippen LogP contribution in [0.15, 0.2) is 126 Å². The number of hydrogen-bond donors (Lipinski definition) is 1. The number of rotatable bonds is 5. The maximum atomic E-state index is 10.6. The Balaban J connectivity index is 1.80. The van der Waals surface area contributed by atoms with Gasteiger partial charge in [-0.1, -0.05) is 120 Å². The summed E-state index contributed by atoms with van der Waals surface area (Å²) in [5, 5.41) is 17.3. The van der Waals surface area contributed by atoms with Crippen LogP contribution < -0.4 is 5.73 Å². The molecule has 176 valence electrons. The van der Waals surface area contributed by atoms with Crippen LogP contribution in [-0.2, 0) is 5.41 Å². The van der Waals surface area contributed by atoms with Gasteiger partial charge in [-0.3, -0.25) is 0 Å². The van der Waals surface area contributed by atoms with Crippen LogP contribution in [0.3, 0.4) is 0 Å². The highest BCUT2D eigenvalue weighted by atomic mass is 15.5. The number of benzene rings is 4. The molecule has 1 aliphatic rings. The highest BCUT2D eigenvalue weighted by Crippen LogP contribution is 2.56. The first-order valence-electron chi connectivity index (χ1n) is 12.0. The maximum Gasteiger partial charge on any atom is 0.136 e. The molecule has 2 N–H and O–H groups in total. The van der Waals surface area contributed by atoms with Crippen LogP contribution in [0.2, 0.25) is 0 Å². The summed E-state index contributed by atoms with van der Waals surface area (Å²) in [6.07, 6.45) is 1.81. The van der Waals surface area contributed by atoms with Crippen LogP contribution >= 0.6 is 0 Å². The van der Waals surface area contributed by atoms with E-state index in [0.29, 0.717) is 11.4 Å². The molecule has 4 heteroatoms. The SMILES string of the molecule is Cc1ccc(/C=N/N2C(N)=C(C#N)C(c3ccccc3)(c3ccccc3)C2c2ccc(C)cc2)cc1. The quantitative estimate of drug-likeness (QED) is 0.346. The number of aryl methyl sites for hydroxylation is 2. The summed E-state index contributed by atoms with van der Waals surface area (Å²) in [6, 6.07) is 39.0. The largest absolute Gasteiger partial charge is 0.383 e. The molecule has 36 heavy (non-hydrogen) atoms. The molecule has 0 radical (unpaired) electrons. The van der Waals surface area contributed by atoms with Gasteiger partial charge in [0.1, 0.15) is 5.82 Å². The Morgan fingerprint density at radius 2 is 1.28 bits per heavy atom. The third-order valence-electron chi connectivity index (χ3n) is 6.92. The summed E-state index contributed by atoms with van der Waals surface area (Å²) in [5.41, 5.74) is 12.8. The van der Waals surface area contributed by atoms with Crippen LogP contribution in [-0.4, -0.2) is 11.2 Å². The fourth-order valence-electron chi connectivity index (χ4n) is 5.14. The van der Waals surface area contributed by atoms with Crippen molar-refractivity contribution in [2.24, 2.45) is 10.8 Å². The number of hydrazone groups is 1. The molecule has 1 unspecified atom stereocenters. The van der Waals surface area contributed by atoms with Crippen LogP contribution in [0.5, 0.6) is 0 Å². The van der Waals surface area contributed by atoms with E-state index in [2.05, 4.69) is 80.6 Å². The van der Waals surface area contributed by atoms with Crippen molar-refractivity contribution in [3.8, 4) is 6.07 Å². The standard InChI is InChI=1S/C32H28N4/c1-23-13-17-25(18-14-23)22-35-36-30(26-19-15-24(2)16-20-26)32(29(21-33)31(36)34,27-9-5-3-6-10-27)28-11-7-4-8-12-28/h3-20,22,30H,34H2,1-2H3/b35-22+. The molecule has 4 aromatic rings. The minimum Gasteiger partial charge on any atom is -0.383 e. The van der Waals surface area contributed by atoms with E-state index in [1.807, 2.05) is 59.8 Å². The van der Waals surface area contributed by atoms with Crippen LogP contribution in [0.25, 0.3) is 0 Å². The van der Waals surface area contributed by atoms with Gasteiger partial charge in [0.2, 0.25) is 0 Å². The first kappa shape index (κ1) is 23.1. The summed E-state index contributed by atoms with van der Waals surface area (Å²) in [7, 11) is 0. The topological polar surface area (TPSA) is 65.4 Å². The van der Waals surface area contributed by atoms with Gasteiger partial charge in [-0.2, -0.15) is 10.4 Å². The molecule has 0 saturated heterocycles. The van der Waals surface area contributed by atoms with Crippen molar-refractivity contribution in [2.75, 3.05) is 0 Å². The van der Waals surface area contributed by atoms with Crippen molar-refractivity contribution in [1.29, 1.82) is 5.26 Å². The summed E-state index contributed by atoms with van der Waals surface area (Å²) in [4.78, 5) is 0. The molecule has 4 nitrogen and oxygen atoms in total. The highest BCUT2D eigenvalue weighted by Gasteiger charge is 2.56. The zero-order chi connectivity index (χ0) is 25.1. The first-order valence-corrected chi connectivity index (χ1v) is 12.0. The average molecular weight is 469 g/mol. The van der Waals surface area contributed by atoms with Crippen molar-refractivity contribution >= 4 is 6.21 Å². The molecule has 0 amide bonds. The Labute approximate surface area is 212 Å². The van der Waals surface area contributed by atoms with Gasteiger partial charge in [0.15, 0.2) is 0 Å². The summed E-state index contributed by atoms with van der Waals surface area (Å²) in [5.74, 6) is 0.360. The van der Waals surface area contributed by atoms with E-state index in [-0.39, 0.29) is 6.04 Å². The smallest absolute Gasteiger partial charge is 0.136 e. The van der Waals surface area contributed by atoms with E-state index >= 15 is 0 Å². The van der Waals surface area contributed by atoms with Crippen molar-refractivity contribution in [3.63, 3.8) is 0 Å². The molecule has 1 heterocycles. The van der Waals surface area contributed by atoms with Crippen molar-refractivity contribution in [1.82, 2.24) is 5.01 Å². The maximum absolute atomic E-state index is 10.6. The minimum absolute atomic E-state index is 0.360. The molecule has 0 spiro atoms. The summed E-state index contributed by atoms with van der Waals surface area (Å²) in [6.45, 7) is 4.13. The van der Waals surface area contributed by atoms with Gasteiger partial charge in [-0.25, -0.2) is 5.01 Å². The fourth-order valence-corrected chi connectivity index (χ4v) is 5.14. The molecule has 0 saturated carbocycles. The number of nitrogens with zero attached hydrogens (tertiary/aromatic N) is 3. The first-order chi connectivity index (χ1) is 17.6. The lowest BCUT2D eigenvalue weighted by atomic mass is 9.64. The summed E-state index contributed by atoms with van der Waals surface area (Å²) < 4.78 is 0. The normalized spacial score (nSPS) is 16.9.